The highest BCUT2D eigenvalue weighted by Gasteiger charge is 2.38. The second kappa shape index (κ2) is 7.44. The van der Waals surface area contributed by atoms with Gasteiger partial charge < -0.3 is 9.64 Å². The van der Waals surface area contributed by atoms with Gasteiger partial charge in [-0.05, 0) is 36.3 Å². The second-order valence-electron chi connectivity index (χ2n) is 7.22. The van der Waals surface area contributed by atoms with Gasteiger partial charge in [0.2, 0.25) is 5.91 Å². The van der Waals surface area contributed by atoms with E-state index in [9.17, 15) is 4.79 Å². The van der Waals surface area contributed by atoms with Crippen molar-refractivity contribution >= 4 is 27.3 Å². The SMILES string of the molecule is COCCN1C(=O)CC[C@H]2CN(Cc3cc4ccccc4s3)CC[C@H]21. The predicted molar refractivity (Wildman–Crippen MR) is 102 cm³/mol. The number of fused-ring (bicyclic) bond motifs is 2. The van der Waals surface area contributed by atoms with Gasteiger partial charge >= 0.3 is 0 Å². The fourth-order valence-electron chi connectivity index (χ4n) is 4.39. The van der Waals surface area contributed by atoms with E-state index in [-0.39, 0.29) is 0 Å². The molecule has 1 amide bonds. The minimum atomic E-state index is 0.316. The van der Waals surface area contributed by atoms with Gasteiger partial charge in [0.15, 0.2) is 0 Å². The van der Waals surface area contributed by atoms with Crippen molar-refractivity contribution in [1.82, 2.24) is 9.80 Å². The van der Waals surface area contributed by atoms with Crippen molar-refractivity contribution in [3.8, 4) is 0 Å². The fourth-order valence-corrected chi connectivity index (χ4v) is 5.49. The summed E-state index contributed by atoms with van der Waals surface area (Å²) in [6.45, 7) is 4.60. The molecule has 0 spiro atoms. The summed E-state index contributed by atoms with van der Waals surface area (Å²) < 4.78 is 6.57. The zero-order valence-electron chi connectivity index (χ0n) is 14.8. The van der Waals surface area contributed by atoms with Crippen LogP contribution in [0.1, 0.15) is 24.1 Å². The molecular formula is C20H26N2O2S. The third-order valence-corrected chi connectivity index (χ3v) is 6.72. The maximum absolute atomic E-state index is 12.3. The van der Waals surface area contributed by atoms with Gasteiger partial charge in [-0.1, -0.05) is 18.2 Å². The highest BCUT2D eigenvalue weighted by molar-refractivity contribution is 7.19. The number of ether oxygens (including phenoxy) is 1. The molecule has 4 rings (SSSR count). The molecular weight excluding hydrogens is 332 g/mol. The molecule has 0 saturated carbocycles. The molecule has 5 heteroatoms. The number of hydrogen-bond acceptors (Lipinski definition) is 4. The van der Waals surface area contributed by atoms with Gasteiger partial charge in [0, 0.05) is 55.3 Å². The molecule has 0 bridgehead atoms. The number of carbonyl (C=O) groups is 1. The summed E-state index contributed by atoms with van der Waals surface area (Å²) in [5.41, 5.74) is 0. The number of methoxy groups -OCH3 is 1. The van der Waals surface area contributed by atoms with Gasteiger partial charge in [0.05, 0.1) is 6.61 Å². The van der Waals surface area contributed by atoms with Crippen LogP contribution in [0.3, 0.4) is 0 Å². The maximum atomic E-state index is 12.3. The summed E-state index contributed by atoms with van der Waals surface area (Å²) in [5, 5.41) is 1.35. The lowest BCUT2D eigenvalue weighted by Crippen LogP contribution is -2.56. The van der Waals surface area contributed by atoms with Crippen molar-refractivity contribution < 1.29 is 9.53 Å². The summed E-state index contributed by atoms with van der Waals surface area (Å²) in [6.07, 6.45) is 2.82. The molecule has 2 aromatic rings. The summed E-state index contributed by atoms with van der Waals surface area (Å²) in [6, 6.07) is 11.4. The van der Waals surface area contributed by atoms with Crippen LogP contribution in [0.25, 0.3) is 10.1 Å². The highest BCUT2D eigenvalue weighted by Crippen LogP contribution is 2.33. The topological polar surface area (TPSA) is 32.8 Å². The van der Waals surface area contributed by atoms with E-state index in [1.807, 2.05) is 11.3 Å². The third kappa shape index (κ3) is 3.59. The van der Waals surface area contributed by atoms with Crippen molar-refractivity contribution in [1.29, 1.82) is 0 Å². The van der Waals surface area contributed by atoms with Crippen LogP contribution in [-0.4, -0.2) is 55.1 Å². The van der Waals surface area contributed by atoms with E-state index in [1.54, 1.807) is 7.11 Å². The molecule has 1 aromatic carbocycles. The number of piperidine rings is 2. The Morgan fingerprint density at radius 2 is 2.16 bits per heavy atom. The molecule has 1 aromatic heterocycles. The summed E-state index contributed by atoms with van der Waals surface area (Å²) in [5.74, 6) is 0.925. The fraction of sp³-hybridized carbons (Fsp3) is 0.550. The van der Waals surface area contributed by atoms with Crippen LogP contribution < -0.4 is 0 Å². The lowest BCUT2D eigenvalue weighted by molar-refractivity contribution is -0.142. The van der Waals surface area contributed by atoms with Gasteiger partial charge in [-0.25, -0.2) is 0 Å². The molecule has 2 aliphatic rings. The van der Waals surface area contributed by atoms with Gasteiger partial charge in [-0.3, -0.25) is 9.69 Å². The Morgan fingerprint density at radius 3 is 3.00 bits per heavy atom. The van der Waals surface area contributed by atoms with Crippen LogP contribution in [0, 0.1) is 5.92 Å². The Morgan fingerprint density at radius 1 is 1.28 bits per heavy atom. The standard InChI is InChI=1S/C20H26N2O2S/c1-24-11-10-22-18-8-9-21(13-16(18)6-7-20(22)23)14-17-12-15-4-2-3-5-19(15)25-17/h2-5,12,16,18H,6-11,13-14H2,1H3/t16-,18+/m0/s1. The normalized spacial score (nSPS) is 24.7. The molecule has 0 aliphatic carbocycles. The molecule has 2 aliphatic heterocycles. The molecule has 25 heavy (non-hydrogen) atoms. The van der Waals surface area contributed by atoms with E-state index in [4.69, 9.17) is 4.74 Å². The van der Waals surface area contributed by atoms with Gasteiger partial charge in [-0.2, -0.15) is 0 Å². The van der Waals surface area contributed by atoms with E-state index < -0.39 is 0 Å². The number of rotatable bonds is 5. The predicted octanol–water partition coefficient (Wildman–Crippen LogP) is 3.36. The number of carbonyl (C=O) groups excluding carboxylic acids is 1. The minimum Gasteiger partial charge on any atom is -0.383 e. The van der Waals surface area contributed by atoms with E-state index >= 15 is 0 Å². The first-order valence-electron chi connectivity index (χ1n) is 9.23. The van der Waals surface area contributed by atoms with Crippen molar-refractivity contribution in [2.45, 2.75) is 31.8 Å². The maximum Gasteiger partial charge on any atom is 0.222 e. The Balaban J connectivity index is 1.41. The van der Waals surface area contributed by atoms with Crippen LogP contribution in [-0.2, 0) is 16.1 Å². The summed E-state index contributed by atoms with van der Waals surface area (Å²) >= 11 is 1.91. The van der Waals surface area contributed by atoms with Crippen molar-refractivity contribution in [3.63, 3.8) is 0 Å². The molecule has 4 nitrogen and oxygen atoms in total. The van der Waals surface area contributed by atoms with Crippen LogP contribution in [0.15, 0.2) is 30.3 Å². The van der Waals surface area contributed by atoms with Crippen molar-refractivity contribution in [2.75, 3.05) is 33.4 Å². The first-order valence-corrected chi connectivity index (χ1v) is 10.0. The zero-order valence-corrected chi connectivity index (χ0v) is 15.6. The van der Waals surface area contributed by atoms with Crippen LogP contribution in [0.4, 0.5) is 0 Å². The van der Waals surface area contributed by atoms with Gasteiger partial charge in [0.1, 0.15) is 0 Å². The molecule has 0 radical (unpaired) electrons. The molecule has 0 N–H and O–H groups in total. The highest BCUT2D eigenvalue weighted by atomic mass is 32.1. The summed E-state index contributed by atoms with van der Waals surface area (Å²) in [4.78, 5) is 18.4. The van der Waals surface area contributed by atoms with Crippen LogP contribution in [0.2, 0.25) is 0 Å². The monoisotopic (exact) mass is 358 g/mol. The molecule has 3 heterocycles. The lowest BCUT2D eigenvalue weighted by atomic mass is 9.83. The Labute approximate surface area is 153 Å². The third-order valence-electron chi connectivity index (χ3n) is 5.62. The minimum absolute atomic E-state index is 0.316. The Hall–Kier alpha value is -1.43. The summed E-state index contributed by atoms with van der Waals surface area (Å²) in [7, 11) is 1.71. The largest absolute Gasteiger partial charge is 0.383 e. The number of nitrogens with zero attached hydrogens (tertiary/aromatic N) is 2. The Kier molecular flexibility index (Phi) is 5.06. The number of thiophene rings is 1. The van der Waals surface area contributed by atoms with E-state index in [0.717, 1.165) is 39.0 Å². The zero-order chi connectivity index (χ0) is 17.2. The Bertz CT molecular complexity index is 711. The first kappa shape index (κ1) is 17.0. The van der Waals surface area contributed by atoms with Gasteiger partial charge in [0.25, 0.3) is 0 Å². The smallest absolute Gasteiger partial charge is 0.222 e. The number of benzene rings is 1. The quantitative estimate of drug-likeness (QED) is 0.822. The average molecular weight is 359 g/mol. The molecule has 134 valence electrons. The molecule has 2 atom stereocenters. The molecule has 2 fully saturated rings. The second-order valence-corrected chi connectivity index (χ2v) is 8.39. The van der Waals surface area contributed by atoms with Crippen molar-refractivity contribution in [2.24, 2.45) is 5.92 Å². The number of amides is 1. The number of hydrogen-bond donors (Lipinski definition) is 0. The lowest BCUT2D eigenvalue weighted by Gasteiger charge is -2.47. The average Bonchev–Trinajstić information content (AvgIpc) is 3.03. The van der Waals surface area contributed by atoms with Crippen molar-refractivity contribution in [3.05, 3.63) is 35.2 Å². The van der Waals surface area contributed by atoms with E-state index in [2.05, 4.69) is 40.1 Å². The number of likely N-dealkylation sites (tertiary alicyclic amines) is 2. The van der Waals surface area contributed by atoms with E-state index in [1.165, 1.54) is 15.0 Å². The first-order chi connectivity index (χ1) is 12.2. The van der Waals surface area contributed by atoms with Gasteiger partial charge in [-0.15, -0.1) is 11.3 Å². The molecule has 0 unspecified atom stereocenters. The van der Waals surface area contributed by atoms with Crippen LogP contribution >= 0.6 is 11.3 Å². The molecule has 2 saturated heterocycles. The van der Waals surface area contributed by atoms with E-state index in [0.29, 0.717) is 30.9 Å². The van der Waals surface area contributed by atoms with Crippen LogP contribution in [0.5, 0.6) is 0 Å².